The summed E-state index contributed by atoms with van der Waals surface area (Å²) in [5.41, 5.74) is 7.21. The number of carbonyl (C=O) groups is 1. The van der Waals surface area contributed by atoms with Gasteiger partial charge >= 0.3 is 0 Å². The average Bonchev–Trinajstić information content (AvgIpc) is 2.80. The number of nitrogens with zero attached hydrogens (tertiary/aromatic N) is 3. The van der Waals surface area contributed by atoms with Crippen LogP contribution in [0.5, 0.6) is 0 Å². The van der Waals surface area contributed by atoms with Gasteiger partial charge in [0.15, 0.2) is 0 Å². The number of anilines is 1. The van der Waals surface area contributed by atoms with Crippen molar-refractivity contribution in [2.75, 3.05) is 31.9 Å². The first-order valence-corrected chi connectivity index (χ1v) is 7.40. The highest BCUT2D eigenvalue weighted by Crippen LogP contribution is 2.19. The third-order valence-electron chi connectivity index (χ3n) is 3.98. The van der Waals surface area contributed by atoms with Crippen molar-refractivity contribution in [3.63, 3.8) is 0 Å². The van der Waals surface area contributed by atoms with Crippen LogP contribution in [0, 0.1) is 0 Å². The van der Waals surface area contributed by atoms with Gasteiger partial charge in [0, 0.05) is 44.5 Å². The molecule has 0 saturated carbocycles. The van der Waals surface area contributed by atoms with Crippen LogP contribution in [-0.4, -0.2) is 52.5 Å². The maximum atomic E-state index is 12.6. The molecule has 0 aliphatic carbocycles. The van der Waals surface area contributed by atoms with E-state index in [1.165, 1.54) is 0 Å². The van der Waals surface area contributed by atoms with Gasteiger partial charge in [-0.25, -0.2) is 0 Å². The van der Waals surface area contributed by atoms with E-state index >= 15 is 0 Å². The lowest BCUT2D eigenvalue weighted by Gasteiger charge is -2.37. The Hall–Kier alpha value is -1.49. The van der Waals surface area contributed by atoms with Gasteiger partial charge in [-0.15, -0.1) is 0 Å². The Morgan fingerprint density at radius 3 is 2.20 bits per heavy atom. The molecule has 0 radical (unpaired) electrons. The van der Waals surface area contributed by atoms with E-state index in [1.807, 2.05) is 15.7 Å². The van der Waals surface area contributed by atoms with E-state index in [-0.39, 0.29) is 11.9 Å². The molecule has 1 fully saturated rings. The molecule has 0 atom stereocenters. The van der Waals surface area contributed by atoms with Gasteiger partial charge in [0.2, 0.25) is 0 Å². The number of carbonyl (C=O) groups excluding carboxylic acids is 1. The topological polar surface area (TPSA) is 54.5 Å². The summed E-state index contributed by atoms with van der Waals surface area (Å²) < 4.78 is 1.96. The molecule has 2 heterocycles. The molecule has 112 valence electrons. The quantitative estimate of drug-likeness (QED) is 0.917. The molecule has 2 rings (SSSR count). The van der Waals surface area contributed by atoms with E-state index in [4.69, 9.17) is 5.73 Å². The predicted octanol–water partition coefficient (Wildman–Crippen LogP) is 1.82. The van der Waals surface area contributed by atoms with Crippen LogP contribution in [0.25, 0.3) is 0 Å². The smallest absolute Gasteiger partial charge is 0.270 e. The molecule has 0 bridgehead atoms. The van der Waals surface area contributed by atoms with Crippen LogP contribution in [0.3, 0.4) is 0 Å². The third-order valence-corrected chi connectivity index (χ3v) is 3.98. The van der Waals surface area contributed by atoms with Gasteiger partial charge in [-0.1, -0.05) is 0 Å². The molecule has 0 unspecified atom stereocenters. The highest BCUT2D eigenvalue weighted by Gasteiger charge is 2.25. The van der Waals surface area contributed by atoms with Crippen molar-refractivity contribution < 1.29 is 4.79 Å². The summed E-state index contributed by atoms with van der Waals surface area (Å²) in [4.78, 5) is 17.0. The first-order chi connectivity index (χ1) is 9.40. The first kappa shape index (κ1) is 14.9. The van der Waals surface area contributed by atoms with E-state index in [0.29, 0.717) is 17.4 Å². The minimum Gasteiger partial charge on any atom is -0.397 e. The molecule has 0 spiro atoms. The van der Waals surface area contributed by atoms with Crippen molar-refractivity contribution in [3.05, 3.63) is 18.0 Å². The van der Waals surface area contributed by atoms with E-state index in [9.17, 15) is 4.79 Å². The fourth-order valence-electron chi connectivity index (χ4n) is 2.70. The van der Waals surface area contributed by atoms with Crippen molar-refractivity contribution in [2.45, 2.75) is 39.8 Å². The zero-order valence-electron chi connectivity index (χ0n) is 13.0. The number of aromatic nitrogens is 1. The molecule has 20 heavy (non-hydrogen) atoms. The van der Waals surface area contributed by atoms with Crippen LogP contribution in [0.2, 0.25) is 0 Å². The number of nitrogens with two attached hydrogens (primary N) is 1. The van der Waals surface area contributed by atoms with Gasteiger partial charge in [-0.05, 0) is 33.8 Å². The molecule has 1 aliphatic rings. The second-order valence-corrected chi connectivity index (χ2v) is 6.08. The standard InChI is InChI=1S/C15H26N4O/c1-11(2)17-5-7-18(8-6-17)15(20)14-9-13(16)10-19(14)12(3)4/h9-12H,5-8,16H2,1-4H3. The highest BCUT2D eigenvalue weighted by molar-refractivity contribution is 5.94. The van der Waals surface area contributed by atoms with Gasteiger partial charge in [-0.2, -0.15) is 0 Å². The molecule has 1 aromatic rings. The molecule has 5 heteroatoms. The Morgan fingerprint density at radius 2 is 1.70 bits per heavy atom. The van der Waals surface area contributed by atoms with Crippen LogP contribution < -0.4 is 5.73 Å². The molecule has 2 N–H and O–H groups in total. The summed E-state index contributed by atoms with van der Waals surface area (Å²) >= 11 is 0. The first-order valence-electron chi connectivity index (χ1n) is 7.40. The summed E-state index contributed by atoms with van der Waals surface area (Å²) in [6.45, 7) is 12.0. The van der Waals surface area contributed by atoms with Gasteiger partial charge in [-0.3, -0.25) is 9.69 Å². The predicted molar refractivity (Wildman–Crippen MR) is 81.8 cm³/mol. The summed E-state index contributed by atoms with van der Waals surface area (Å²) in [5, 5.41) is 0. The summed E-state index contributed by atoms with van der Waals surface area (Å²) in [5.74, 6) is 0.0961. The largest absolute Gasteiger partial charge is 0.397 e. The van der Waals surface area contributed by atoms with Crippen molar-refractivity contribution >= 4 is 11.6 Å². The van der Waals surface area contributed by atoms with Crippen LogP contribution >= 0.6 is 0 Å². The van der Waals surface area contributed by atoms with Crippen LogP contribution in [0.15, 0.2) is 12.3 Å². The maximum absolute atomic E-state index is 12.6. The lowest BCUT2D eigenvalue weighted by atomic mass is 10.2. The Labute approximate surface area is 121 Å². The van der Waals surface area contributed by atoms with E-state index < -0.39 is 0 Å². The summed E-state index contributed by atoms with van der Waals surface area (Å²) in [6, 6.07) is 2.57. The Morgan fingerprint density at radius 1 is 1.10 bits per heavy atom. The van der Waals surface area contributed by atoms with Crippen LogP contribution in [0.1, 0.15) is 44.2 Å². The highest BCUT2D eigenvalue weighted by atomic mass is 16.2. The van der Waals surface area contributed by atoms with E-state index in [1.54, 1.807) is 6.07 Å². The Kier molecular flexibility index (Phi) is 4.38. The SMILES string of the molecule is CC(C)N1CCN(C(=O)c2cc(N)cn2C(C)C)CC1. The Balaban J connectivity index is 2.09. The van der Waals surface area contributed by atoms with Gasteiger partial charge in [0.1, 0.15) is 5.69 Å². The number of hydrogen-bond acceptors (Lipinski definition) is 3. The zero-order valence-corrected chi connectivity index (χ0v) is 13.0. The Bertz CT molecular complexity index is 470. The van der Waals surface area contributed by atoms with Gasteiger partial charge < -0.3 is 15.2 Å². The van der Waals surface area contributed by atoms with Gasteiger partial charge in [0.25, 0.3) is 5.91 Å². The second-order valence-electron chi connectivity index (χ2n) is 6.08. The average molecular weight is 278 g/mol. The molecule has 0 aromatic carbocycles. The molecule has 1 aromatic heterocycles. The van der Waals surface area contributed by atoms with Gasteiger partial charge in [0.05, 0.1) is 5.69 Å². The number of piperazine rings is 1. The number of nitrogen functional groups attached to an aromatic ring is 1. The maximum Gasteiger partial charge on any atom is 0.270 e. The summed E-state index contributed by atoms with van der Waals surface area (Å²) in [7, 11) is 0. The van der Waals surface area contributed by atoms with Crippen molar-refractivity contribution in [1.29, 1.82) is 0 Å². The molecule has 1 saturated heterocycles. The number of hydrogen-bond donors (Lipinski definition) is 1. The van der Waals surface area contributed by atoms with E-state index in [0.717, 1.165) is 26.2 Å². The normalized spacial score (nSPS) is 17.2. The zero-order chi connectivity index (χ0) is 14.9. The minimum atomic E-state index is 0.0961. The molecule has 5 nitrogen and oxygen atoms in total. The van der Waals surface area contributed by atoms with Crippen LogP contribution in [-0.2, 0) is 0 Å². The van der Waals surface area contributed by atoms with Crippen molar-refractivity contribution in [3.8, 4) is 0 Å². The molecular weight excluding hydrogens is 252 g/mol. The molecular formula is C15H26N4O. The summed E-state index contributed by atoms with van der Waals surface area (Å²) in [6.07, 6.45) is 1.85. The fraction of sp³-hybridized carbons (Fsp3) is 0.667. The lowest BCUT2D eigenvalue weighted by molar-refractivity contribution is 0.0584. The fourth-order valence-corrected chi connectivity index (χ4v) is 2.70. The number of amides is 1. The lowest BCUT2D eigenvalue weighted by Crippen LogP contribution is -2.51. The minimum absolute atomic E-state index is 0.0961. The van der Waals surface area contributed by atoms with Crippen molar-refractivity contribution in [2.24, 2.45) is 0 Å². The monoisotopic (exact) mass is 278 g/mol. The second kappa shape index (κ2) is 5.87. The van der Waals surface area contributed by atoms with E-state index in [2.05, 4.69) is 32.6 Å². The molecule has 1 amide bonds. The third kappa shape index (κ3) is 2.98. The number of rotatable bonds is 3. The van der Waals surface area contributed by atoms with Crippen LogP contribution in [0.4, 0.5) is 5.69 Å². The molecule has 1 aliphatic heterocycles. The van der Waals surface area contributed by atoms with Crippen molar-refractivity contribution in [1.82, 2.24) is 14.4 Å².